The van der Waals surface area contributed by atoms with Crippen LogP contribution in [0.25, 0.3) is 5.65 Å². The third-order valence-corrected chi connectivity index (χ3v) is 4.62. The second-order valence-corrected chi connectivity index (χ2v) is 6.66. The normalized spacial score (nSPS) is 11.8. The van der Waals surface area contributed by atoms with E-state index in [4.69, 9.17) is 11.6 Å². The van der Waals surface area contributed by atoms with Gasteiger partial charge in [0.05, 0.1) is 16.3 Å². The Morgan fingerprint density at radius 3 is 2.44 bits per heavy atom. The molecule has 0 saturated heterocycles. The molecular formula is C19H17ClF3N3O. The van der Waals surface area contributed by atoms with Crippen LogP contribution in [0.2, 0.25) is 5.02 Å². The fraction of sp³-hybridized carbons (Fsp3) is 0.263. The molecule has 2 heterocycles. The Balaban J connectivity index is 2.17. The Kier molecular flexibility index (Phi) is 4.90. The average molecular weight is 396 g/mol. The molecule has 1 amide bonds. The SMILES string of the molecule is CCc1nc2c(Cl)cc(C(F)(F)F)cn2c1C(=O)Nc1c(C)cccc1C. The van der Waals surface area contributed by atoms with Gasteiger partial charge in [-0.1, -0.05) is 36.7 Å². The van der Waals surface area contributed by atoms with Crippen LogP contribution in [0, 0.1) is 13.8 Å². The monoisotopic (exact) mass is 395 g/mol. The van der Waals surface area contributed by atoms with E-state index in [0.717, 1.165) is 27.8 Å². The summed E-state index contributed by atoms with van der Waals surface area (Å²) >= 11 is 6.01. The molecule has 0 aliphatic rings. The van der Waals surface area contributed by atoms with Gasteiger partial charge >= 0.3 is 6.18 Å². The van der Waals surface area contributed by atoms with E-state index < -0.39 is 17.6 Å². The summed E-state index contributed by atoms with van der Waals surface area (Å²) in [5, 5.41) is 2.64. The fourth-order valence-electron chi connectivity index (χ4n) is 2.98. The van der Waals surface area contributed by atoms with Gasteiger partial charge in [0.2, 0.25) is 0 Å². The molecule has 4 nitrogen and oxygen atoms in total. The first-order valence-electron chi connectivity index (χ1n) is 8.28. The lowest BCUT2D eigenvalue weighted by atomic mass is 10.1. The number of carbonyl (C=O) groups is 1. The molecule has 27 heavy (non-hydrogen) atoms. The summed E-state index contributed by atoms with van der Waals surface area (Å²) in [6.45, 7) is 5.46. The molecule has 0 bridgehead atoms. The van der Waals surface area contributed by atoms with Gasteiger partial charge in [-0.25, -0.2) is 4.98 Å². The van der Waals surface area contributed by atoms with E-state index in [2.05, 4.69) is 10.3 Å². The number of amides is 1. The Morgan fingerprint density at radius 2 is 1.89 bits per heavy atom. The number of hydrogen-bond acceptors (Lipinski definition) is 2. The molecule has 1 aromatic carbocycles. The van der Waals surface area contributed by atoms with Gasteiger partial charge in [0.25, 0.3) is 5.91 Å². The Hall–Kier alpha value is -2.54. The van der Waals surface area contributed by atoms with Crippen LogP contribution < -0.4 is 5.32 Å². The molecule has 0 spiro atoms. The summed E-state index contributed by atoms with van der Waals surface area (Å²) in [5.74, 6) is -0.535. The van der Waals surface area contributed by atoms with Crippen molar-refractivity contribution in [2.45, 2.75) is 33.4 Å². The van der Waals surface area contributed by atoms with E-state index in [1.165, 1.54) is 0 Å². The number of aromatic nitrogens is 2. The van der Waals surface area contributed by atoms with Crippen LogP contribution in [0.5, 0.6) is 0 Å². The van der Waals surface area contributed by atoms with Crippen LogP contribution in [0.4, 0.5) is 18.9 Å². The lowest BCUT2D eigenvalue weighted by Crippen LogP contribution is -2.18. The van der Waals surface area contributed by atoms with Crippen molar-refractivity contribution in [3.8, 4) is 0 Å². The zero-order valence-electron chi connectivity index (χ0n) is 14.9. The summed E-state index contributed by atoms with van der Waals surface area (Å²) in [4.78, 5) is 17.2. The van der Waals surface area contributed by atoms with Crippen LogP contribution in [0.1, 0.15) is 39.8 Å². The smallest absolute Gasteiger partial charge is 0.320 e. The van der Waals surface area contributed by atoms with Crippen molar-refractivity contribution in [3.63, 3.8) is 0 Å². The molecule has 8 heteroatoms. The highest BCUT2D eigenvalue weighted by Gasteiger charge is 2.33. The van der Waals surface area contributed by atoms with Crippen molar-refractivity contribution in [1.29, 1.82) is 0 Å². The fourth-order valence-corrected chi connectivity index (χ4v) is 3.23. The van der Waals surface area contributed by atoms with E-state index in [1.54, 1.807) is 6.92 Å². The van der Waals surface area contributed by atoms with E-state index in [9.17, 15) is 18.0 Å². The number of halogens is 4. The van der Waals surface area contributed by atoms with Crippen molar-refractivity contribution in [2.75, 3.05) is 5.32 Å². The molecule has 0 radical (unpaired) electrons. The number of pyridine rings is 1. The summed E-state index contributed by atoms with van der Waals surface area (Å²) in [6.07, 6.45) is -3.36. The zero-order chi connectivity index (χ0) is 19.9. The van der Waals surface area contributed by atoms with Crippen molar-refractivity contribution in [2.24, 2.45) is 0 Å². The Bertz CT molecular complexity index is 1020. The minimum absolute atomic E-state index is 0.0446. The molecule has 142 valence electrons. The number of rotatable bonds is 3. The second-order valence-electron chi connectivity index (χ2n) is 6.25. The molecule has 3 rings (SSSR count). The molecule has 1 N–H and O–H groups in total. The molecule has 0 unspecified atom stereocenters. The van der Waals surface area contributed by atoms with Crippen molar-refractivity contribution in [1.82, 2.24) is 9.38 Å². The lowest BCUT2D eigenvalue weighted by molar-refractivity contribution is -0.137. The highest BCUT2D eigenvalue weighted by atomic mass is 35.5. The number of para-hydroxylation sites is 1. The van der Waals surface area contributed by atoms with Crippen LogP contribution >= 0.6 is 11.6 Å². The van der Waals surface area contributed by atoms with Crippen molar-refractivity contribution >= 4 is 28.8 Å². The van der Waals surface area contributed by atoms with Crippen LogP contribution in [-0.2, 0) is 12.6 Å². The predicted molar refractivity (Wildman–Crippen MR) is 98.5 cm³/mol. The van der Waals surface area contributed by atoms with Crippen LogP contribution in [-0.4, -0.2) is 15.3 Å². The first kappa shape index (κ1) is 19.2. The van der Waals surface area contributed by atoms with Gasteiger partial charge in [-0.15, -0.1) is 0 Å². The van der Waals surface area contributed by atoms with Gasteiger partial charge < -0.3 is 5.32 Å². The minimum Gasteiger partial charge on any atom is -0.320 e. The highest BCUT2D eigenvalue weighted by Crippen LogP contribution is 2.33. The number of anilines is 1. The molecule has 0 aliphatic carbocycles. The van der Waals surface area contributed by atoms with Gasteiger partial charge in [-0.2, -0.15) is 13.2 Å². The maximum absolute atomic E-state index is 13.2. The van der Waals surface area contributed by atoms with E-state index >= 15 is 0 Å². The predicted octanol–water partition coefficient (Wildman–Crippen LogP) is 5.44. The number of hydrogen-bond donors (Lipinski definition) is 1. The number of aryl methyl sites for hydroxylation is 3. The number of benzene rings is 1. The third-order valence-electron chi connectivity index (χ3n) is 4.34. The molecule has 0 fully saturated rings. The van der Waals surface area contributed by atoms with E-state index in [0.29, 0.717) is 17.8 Å². The zero-order valence-corrected chi connectivity index (χ0v) is 15.7. The summed E-state index contributed by atoms with van der Waals surface area (Å²) < 4.78 is 40.6. The molecule has 2 aromatic heterocycles. The third kappa shape index (κ3) is 3.51. The topological polar surface area (TPSA) is 46.4 Å². The van der Waals surface area contributed by atoms with Crippen molar-refractivity contribution in [3.05, 3.63) is 63.6 Å². The van der Waals surface area contributed by atoms with Gasteiger partial charge in [-0.3, -0.25) is 9.20 Å². The van der Waals surface area contributed by atoms with Crippen molar-refractivity contribution < 1.29 is 18.0 Å². The molecule has 0 saturated carbocycles. The number of nitrogens with zero attached hydrogens (tertiary/aromatic N) is 2. The van der Waals surface area contributed by atoms with Gasteiger partial charge in [0, 0.05) is 11.9 Å². The number of carbonyl (C=O) groups excluding carboxylic acids is 1. The Labute approximate surface area is 159 Å². The van der Waals surface area contributed by atoms with Crippen LogP contribution in [0.3, 0.4) is 0 Å². The maximum Gasteiger partial charge on any atom is 0.417 e. The molecule has 0 aliphatic heterocycles. The lowest BCUT2D eigenvalue weighted by Gasteiger charge is -2.13. The summed E-state index contributed by atoms with van der Waals surface area (Å²) in [7, 11) is 0. The quantitative estimate of drug-likeness (QED) is 0.642. The molecule has 3 aromatic rings. The second kappa shape index (κ2) is 6.88. The number of fused-ring (bicyclic) bond motifs is 1. The first-order chi connectivity index (χ1) is 12.6. The Morgan fingerprint density at radius 1 is 1.26 bits per heavy atom. The van der Waals surface area contributed by atoms with Gasteiger partial charge in [0.1, 0.15) is 5.69 Å². The standard InChI is InChI=1S/C19H17ClF3N3O/c1-4-14-16(18(27)25-15-10(2)6-5-7-11(15)3)26-9-12(19(21,22)23)8-13(20)17(26)24-14/h5-9H,4H2,1-3H3,(H,25,27). The number of alkyl halides is 3. The highest BCUT2D eigenvalue weighted by molar-refractivity contribution is 6.33. The average Bonchev–Trinajstić information content (AvgIpc) is 2.96. The van der Waals surface area contributed by atoms with E-state index in [1.807, 2.05) is 32.0 Å². The van der Waals surface area contributed by atoms with Gasteiger partial charge in [0.15, 0.2) is 5.65 Å². The molecular weight excluding hydrogens is 379 g/mol. The summed E-state index contributed by atoms with van der Waals surface area (Å²) in [5.41, 5.74) is 1.92. The largest absolute Gasteiger partial charge is 0.417 e. The number of nitrogens with one attached hydrogen (secondary N) is 1. The first-order valence-corrected chi connectivity index (χ1v) is 8.66. The van der Waals surface area contributed by atoms with Crippen LogP contribution in [0.15, 0.2) is 30.5 Å². The number of imidazole rings is 1. The molecule has 0 atom stereocenters. The maximum atomic E-state index is 13.2. The minimum atomic E-state index is -4.59. The summed E-state index contributed by atoms with van der Waals surface area (Å²) in [6, 6.07) is 6.37. The van der Waals surface area contributed by atoms with Gasteiger partial charge in [-0.05, 0) is 37.5 Å². The van der Waals surface area contributed by atoms with E-state index in [-0.39, 0.29) is 16.4 Å².